The lowest BCUT2D eigenvalue weighted by molar-refractivity contribution is -0.0434. The van der Waals surface area contributed by atoms with Crippen LogP contribution in [-0.2, 0) is 9.47 Å². The summed E-state index contributed by atoms with van der Waals surface area (Å²) in [5.41, 5.74) is 0.107. The molecule has 3 rings (SSSR count). The number of nitrogens with one attached hydrogen (secondary N) is 1. The average Bonchev–Trinajstić information content (AvgIpc) is 2.79. The lowest BCUT2D eigenvalue weighted by Gasteiger charge is -2.22. The van der Waals surface area contributed by atoms with Gasteiger partial charge in [0.15, 0.2) is 0 Å². The molecule has 1 spiro atoms. The fourth-order valence-corrected chi connectivity index (χ4v) is 2.50. The molecule has 3 fully saturated rings. The van der Waals surface area contributed by atoms with E-state index < -0.39 is 0 Å². The zero-order valence-corrected chi connectivity index (χ0v) is 8.63. The summed E-state index contributed by atoms with van der Waals surface area (Å²) in [6.07, 6.45) is 6.68. The van der Waals surface area contributed by atoms with E-state index in [0.29, 0.717) is 6.10 Å². The Balaban J connectivity index is 1.48. The lowest BCUT2D eigenvalue weighted by atomic mass is 9.99. The van der Waals surface area contributed by atoms with E-state index in [-0.39, 0.29) is 5.60 Å². The molecule has 1 N–H and O–H groups in total. The van der Waals surface area contributed by atoms with E-state index >= 15 is 0 Å². The third kappa shape index (κ3) is 1.81. The Bertz CT molecular complexity index is 209. The van der Waals surface area contributed by atoms with Crippen LogP contribution in [0.1, 0.15) is 32.1 Å². The molecule has 1 saturated carbocycles. The molecule has 2 atom stereocenters. The number of ether oxygens (including phenoxy) is 2. The summed E-state index contributed by atoms with van der Waals surface area (Å²) in [6, 6.07) is 0.801. The first-order valence-corrected chi connectivity index (χ1v) is 5.85. The standard InChI is InChI=1S/C11H19NO2/c1-2-9(1)12-7-10-3-4-11(14-10)5-6-13-8-11/h9-10,12H,1-8H2. The van der Waals surface area contributed by atoms with Crippen LogP contribution in [-0.4, -0.2) is 37.5 Å². The van der Waals surface area contributed by atoms with Crippen LogP contribution in [0.2, 0.25) is 0 Å². The van der Waals surface area contributed by atoms with Crippen molar-refractivity contribution >= 4 is 0 Å². The molecule has 0 aromatic rings. The molecule has 0 aromatic carbocycles. The highest BCUT2D eigenvalue weighted by Gasteiger charge is 2.43. The highest BCUT2D eigenvalue weighted by molar-refractivity contribution is 4.93. The Morgan fingerprint density at radius 1 is 1.21 bits per heavy atom. The van der Waals surface area contributed by atoms with Gasteiger partial charge < -0.3 is 14.8 Å². The number of hydrogen-bond acceptors (Lipinski definition) is 3. The predicted molar refractivity (Wildman–Crippen MR) is 53.3 cm³/mol. The monoisotopic (exact) mass is 197 g/mol. The molecule has 80 valence electrons. The zero-order chi connectivity index (χ0) is 9.43. The summed E-state index contributed by atoms with van der Waals surface area (Å²) in [6.45, 7) is 2.77. The van der Waals surface area contributed by atoms with Crippen molar-refractivity contribution in [3.63, 3.8) is 0 Å². The van der Waals surface area contributed by atoms with Crippen LogP contribution in [0.3, 0.4) is 0 Å². The van der Waals surface area contributed by atoms with Gasteiger partial charge in [0.1, 0.15) is 0 Å². The van der Waals surface area contributed by atoms with Crippen molar-refractivity contribution in [2.75, 3.05) is 19.8 Å². The summed E-state index contributed by atoms with van der Waals surface area (Å²) in [5, 5.41) is 3.54. The minimum atomic E-state index is 0.107. The molecule has 0 radical (unpaired) electrons. The molecular weight excluding hydrogens is 178 g/mol. The van der Waals surface area contributed by atoms with E-state index in [2.05, 4.69) is 5.32 Å². The van der Waals surface area contributed by atoms with E-state index in [9.17, 15) is 0 Å². The van der Waals surface area contributed by atoms with Crippen LogP contribution in [0.15, 0.2) is 0 Å². The highest BCUT2D eigenvalue weighted by Crippen LogP contribution is 2.36. The Labute approximate surface area is 85.1 Å². The topological polar surface area (TPSA) is 30.5 Å². The molecule has 2 aliphatic heterocycles. The van der Waals surface area contributed by atoms with Gasteiger partial charge in [0.2, 0.25) is 0 Å². The molecule has 0 amide bonds. The fourth-order valence-electron chi connectivity index (χ4n) is 2.50. The SMILES string of the molecule is C1CC2(CCC(CNC3CC3)O2)CO1. The maximum absolute atomic E-state index is 6.10. The summed E-state index contributed by atoms with van der Waals surface area (Å²) >= 11 is 0. The highest BCUT2D eigenvalue weighted by atomic mass is 16.6. The summed E-state index contributed by atoms with van der Waals surface area (Å²) in [7, 11) is 0. The van der Waals surface area contributed by atoms with Crippen molar-refractivity contribution in [2.45, 2.75) is 49.9 Å². The van der Waals surface area contributed by atoms with Crippen LogP contribution >= 0.6 is 0 Å². The Hall–Kier alpha value is -0.120. The minimum absolute atomic E-state index is 0.107. The smallest absolute Gasteiger partial charge is 0.0942 e. The van der Waals surface area contributed by atoms with Crippen molar-refractivity contribution in [1.29, 1.82) is 0 Å². The summed E-state index contributed by atoms with van der Waals surface area (Å²) in [4.78, 5) is 0. The van der Waals surface area contributed by atoms with Crippen molar-refractivity contribution in [3.05, 3.63) is 0 Å². The van der Waals surface area contributed by atoms with Crippen molar-refractivity contribution < 1.29 is 9.47 Å². The third-order valence-electron chi connectivity index (χ3n) is 3.62. The van der Waals surface area contributed by atoms with Crippen LogP contribution < -0.4 is 5.32 Å². The first kappa shape index (κ1) is 9.13. The Kier molecular flexibility index (Phi) is 2.26. The van der Waals surface area contributed by atoms with Gasteiger partial charge in [-0.05, 0) is 25.7 Å². The van der Waals surface area contributed by atoms with E-state index in [0.717, 1.165) is 32.2 Å². The Morgan fingerprint density at radius 2 is 2.14 bits per heavy atom. The molecular formula is C11H19NO2. The molecule has 14 heavy (non-hydrogen) atoms. The van der Waals surface area contributed by atoms with E-state index in [1.54, 1.807) is 0 Å². The molecule has 2 unspecified atom stereocenters. The van der Waals surface area contributed by atoms with Gasteiger partial charge >= 0.3 is 0 Å². The molecule has 1 aliphatic carbocycles. The van der Waals surface area contributed by atoms with Gasteiger partial charge in [0.05, 0.1) is 18.3 Å². The molecule has 3 aliphatic rings. The number of rotatable bonds is 3. The maximum Gasteiger partial charge on any atom is 0.0942 e. The van der Waals surface area contributed by atoms with Gasteiger partial charge in [0, 0.05) is 25.6 Å². The summed E-state index contributed by atoms with van der Waals surface area (Å²) in [5.74, 6) is 0. The van der Waals surface area contributed by atoms with Gasteiger partial charge in [-0.15, -0.1) is 0 Å². The van der Waals surface area contributed by atoms with Gasteiger partial charge in [-0.3, -0.25) is 0 Å². The van der Waals surface area contributed by atoms with E-state index in [1.165, 1.54) is 25.7 Å². The van der Waals surface area contributed by atoms with Crippen LogP contribution in [0, 0.1) is 0 Å². The maximum atomic E-state index is 6.10. The average molecular weight is 197 g/mol. The largest absolute Gasteiger partial charge is 0.378 e. The van der Waals surface area contributed by atoms with Crippen LogP contribution in [0.4, 0.5) is 0 Å². The number of hydrogen-bond donors (Lipinski definition) is 1. The molecule has 2 saturated heterocycles. The second kappa shape index (κ2) is 3.47. The quantitative estimate of drug-likeness (QED) is 0.734. The lowest BCUT2D eigenvalue weighted by Crippen LogP contribution is -2.33. The van der Waals surface area contributed by atoms with Crippen LogP contribution in [0.25, 0.3) is 0 Å². The summed E-state index contributed by atoms with van der Waals surface area (Å²) < 4.78 is 11.5. The van der Waals surface area contributed by atoms with Gasteiger partial charge in [0.25, 0.3) is 0 Å². The molecule has 0 aromatic heterocycles. The molecule has 2 heterocycles. The molecule has 3 nitrogen and oxygen atoms in total. The van der Waals surface area contributed by atoms with E-state index in [4.69, 9.17) is 9.47 Å². The fraction of sp³-hybridized carbons (Fsp3) is 1.00. The van der Waals surface area contributed by atoms with Crippen LogP contribution in [0.5, 0.6) is 0 Å². The normalized spacial score (nSPS) is 42.4. The van der Waals surface area contributed by atoms with Gasteiger partial charge in [-0.1, -0.05) is 0 Å². The Morgan fingerprint density at radius 3 is 2.86 bits per heavy atom. The first-order valence-electron chi connectivity index (χ1n) is 5.85. The van der Waals surface area contributed by atoms with Gasteiger partial charge in [-0.25, -0.2) is 0 Å². The predicted octanol–water partition coefficient (Wildman–Crippen LogP) is 1.08. The van der Waals surface area contributed by atoms with E-state index in [1.807, 2.05) is 0 Å². The minimum Gasteiger partial charge on any atom is -0.378 e. The van der Waals surface area contributed by atoms with Crippen molar-refractivity contribution in [1.82, 2.24) is 5.32 Å². The first-order chi connectivity index (χ1) is 6.86. The second-order valence-electron chi connectivity index (χ2n) is 4.95. The zero-order valence-electron chi connectivity index (χ0n) is 8.63. The second-order valence-corrected chi connectivity index (χ2v) is 4.95. The van der Waals surface area contributed by atoms with Gasteiger partial charge in [-0.2, -0.15) is 0 Å². The third-order valence-corrected chi connectivity index (χ3v) is 3.62. The van der Waals surface area contributed by atoms with Crippen molar-refractivity contribution in [2.24, 2.45) is 0 Å². The molecule has 3 heteroatoms. The van der Waals surface area contributed by atoms with Crippen molar-refractivity contribution in [3.8, 4) is 0 Å². The molecule has 0 bridgehead atoms.